The van der Waals surface area contributed by atoms with Gasteiger partial charge in [0.2, 0.25) is 0 Å². The zero-order valence-corrected chi connectivity index (χ0v) is 14.8. The van der Waals surface area contributed by atoms with Gasteiger partial charge in [-0.3, -0.25) is 4.79 Å². The van der Waals surface area contributed by atoms with E-state index in [1.54, 1.807) is 6.07 Å². The third-order valence-corrected chi connectivity index (χ3v) is 3.88. The van der Waals surface area contributed by atoms with Gasteiger partial charge < -0.3 is 10.1 Å². The van der Waals surface area contributed by atoms with Gasteiger partial charge in [-0.2, -0.15) is 0 Å². The maximum Gasteiger partial charge on any atom is 0.338 e. The van der Waals surface area contributed by atoms with Crippen molar-refractivity contribution < 1.29 is 14.3 Å². The van der Waals surface area contributed by atoms with Crippen molar-refractivity contribution in [3.8, 4) is 0 Å². The first-order valence-corrected chi connectivity index (χ1v) is 7.90. The Hall–Kier alpha value is -2.62. The zero-order valence-electron chi connectivity index (χ0n) is 14.8. The molecule has 2 aromatic carbocycles. The Kier molecular flexibility index (Phi) is 5.39. The molecule has 0 fully saturated rings. The summed E-state index contributed by atoms with van der Waals surface area (Å²) < 4.78 is 5.14. The van der Waals surface area contributed by atoms with Gasteiger partial charge in [-0.05, 0) is 57.4 Å². The van der Waals surface area contributed by atoms with E-state index in [0.29, 0.717) is 5.56 Å². The first-order chi connectivity index (χ1) is 11.3. The quantitative estimate of drug-likeness (QED) is 0.864. The lowest BCUT2D eigenvalue weighted by Gasteiger charge is -2.13. The number of rotatable bonds is 4. The molecule has 0 saturated carbocycles. The van der Waals surface area contributed by atoms with E-state index in [0.717, 1.165) is 33.5 Å². The number of benzene rings is 2. The van der Waals surface area contributed by atoms with Gasteiger partial charge in [0, 0.05) is 5.69 Å². The standard InChI is InChI=1S/C20H23NO3/c1-12-6-7-17(14(3)8-12)20(23)24-11-18(22)21-19-15(4)9-13(2)10-16(19)5/h6-10H,11H2,1-5H3,(H,21,22). The number of hydrogen-bond donors (Lipinski definition) is 1. The molecule has 0 aromatic heterocycles. The van der Waals surface area contributed by atoms with Crippen molar-refractivity contribution in [2.45, 2.75) is 34.6 Å². The minimum atomic E-state index is -0.486. The molecule has 0 atom stereocenters. The molecule has 0 saturated heterocycles. The van der Waals surface area contributed by atoms with Crippen molar-refractivity contribution in [1.29, 1.82) is 0 Å². The Balaban J connectivity index is 2.00. The lowest BCUT2D eigenvalue weighted by atomic mass is 10.1. The summed E-state index contributed by atoms with van der Waals surface area (Å²) in [6.45, 7) is 9.40. The average Bonchev–Trinajstić information content (AvgIpc) is 2.48. The first-order valence-electron chi connectivity index (χ1n) is 7.90. The zero-order chi connectivity index (χ0) is 17.9. The highest BCUT2D eigenvalue weighted by atomic mass is 16.5. The molecule has 4 nitrogen and oxygen atoms in total. The summed E-state index contributed by atoms with van der Waals surface area (Å²) >= 11 is 0. The van der Waals surface area contributed by atoms with Crippen LogP contribution in [-0.4, -0.2) is 18.5 Å². The minimum Gasteiger partial charge on any atom is -0.452 e. The van der Waals surface area contributed by atoms with Crippen molar-refractivity contribution in [3.05, 3.63) is 63.7 Å². The smallest absolute Gasteiger partial charge is 0.338 e. The van der Waals surface area contributed by atoms with E-state index >= 15 is 0 Å². The number of hydrogen-bond acceptors (Lipinski definition) is 3. The second-order valence-electron chi connectivity index (χ2n) is 6.22. The fourth-order valence-electron chi connectivity index (χ4n) is 2.80. The van der Waals surface area contributed by atoms with E-state index in [2.05, 4.69) is 5.32 Å². The van der Waals surface area contributed by atoms with Crippen LogP contribution in [0.5, 0.6) is 0 Å². The van der Waals surface area contributed by atoms with E-state index in [1.807, 2.05) is 58.9 Å². The number of esters is 1. The van der Waals surface area contributed by atoms with Gasteiger partial charge in [-0.15, -0.1) is 0 Å². The van der Waals surface area contributed by atoms with Crippen LogP contribution in [0.2, 0.25) is 0 Å². The Labute approximate surface area is 142 Å². The Morgan fingerprint density at radius 1 is 0.875 bits per heavy atom. The molecule has 4 heteroatoms. The SMILES string of the molecule is Cc1ccc(C(=O)OCC(=O)Nc2c(C)cc(C)cc2C)c(C)c1. The van der Waals surface area contributed by atoms with Gasteiger partial charge in [0.05, 0.1) is 5.56 Å². The van der Waals surface area contributed by atoms with Crippen molar-refractivity contribution >= 4 is 17.6 Å². The van der Waals surface area contributed by atoms with Crippen LogP contribution >= 0.6 is 0 Å². The second-order valence-corrected chi connectivity index (χ2v) is 6.22. The highest BCUT2D eigenvalue weighted by Crippen LogP contribution is 2.21. The molecule has 2 aromatic rings. The number of ether oxygens (including phenoxy) is 1. The molecule has 24 heavy (non-hydrogen) atoms. The summed E-state index contributed by atoms with van der Waals surface area (Å²) in [6, 6.07) is 9.49. The largest absolute Gasteiger partial charge is 0.452 e. The maximum atomic E-state index is 12.1. The summed E-state index contributed by atoms with van der Waals surface area (Å²) in [5.74, 6) is -0.830. The molecule has 2 rings (SSSR count). The molecule has 0 aliphatic carbocycles. The van der Waals surface area contributed by atoms with Crippen LogP contribution in [0.4, 0.5) is 5.69 Å². The van der Waals surface area contributed by atoms with Crippen molar-refractivity contribution in [2.24, 2.45) is 0 Å². The molecule has 1 amide bonds. The molecular weight excluding hydrogens is 302 g/mol. The van der Waals surface area contributed by atoms with E-state index < -0.39 is 5.97 Å². The predicted molar refractivity (Wildman–Crippen MR) is 95.5 cm³/mol. The van der Waals surface area contributed by atoms with E-state index in [4.69, 9.17) is 4.74 Å². The molecule has 126 valence electrons. The van der Waals surface area contributed by atoms with Gasteiger partial charge in [-0.1, -0.05) is 35.4 Å². The Morgan fingerprint density at radius 2 is 1.46 bits per heavy atom. The third-order valence-electron chi connectivity index (χ3n) is 3.88. The van der Waals surface area contributed by atoms with Crippen molar-refractivity contribution in [3.63, 3.8) is 0 Å². The van der Waals surface area contributed by atoms with Gasteiger partial charge >= 0.3 is 5.97 Å². The number of anilines is 1. The summed E-state index contributed by atoms with van der Waals surface area (Å²) in [5.41, 5.74) is 6.29. The topological polar surface area (TPSA) is 55.4 Å². The monoisotopic (exact) mass is 325 g/mol. The normalized spacial score (nSPS) is 10.4. The second kappa shape index (κ2) is 7.30. The van der Waals surface area contributed by atoms with E-state index in [-0.39, 0.29) is 12.5 Å². The summed E-state index contributed by atoms with van der Waals surface area (Å²) in [4.78, 5) is 24.2. The van der Waals surface area contributed by atoms with Crippen LogP contribution in [0.1, 0.15) is 38.2 Å². The van der Waals surface area contributed by atoms with Crippen LogP contribution in [-0.2, 0) is 9.53 Å². The van der Waals surface area contributed by atoms with Crippen LogP contribution < -0.4 is 5.32 Å². The Bertz CT molecular complexity index is 770. The molecule has 0 radical (unpaired) electrons. The van der Waals surface area contributed by atoms with Gasteiger partial charge in [0.15, 0.2) is 6.61 Å². The highest BCUT2D eigenvalue weighted by Gasteiger charge is 2.14. The van der Waals surface area contributed by atoms with Crippen molar-refractivity contribution in [1.82, 2.24) is 0 Å². The molecular formula is C20H23NO3. The molecule has 0 aliphatic rings. The Morgan fingerprint density at radius 3 is 2.04 bits per heavy atom. The van der Waals surface area contributed by atoms with Gasteiger partial charge in [0.1, 0.15) is 0 Å². The number of nitrogens with one attached hydrogen (secondary N) is 1. The molecule has 0 bridgehead atoms. The summed E-state index contributed by atoms with van der Waals surface area (Å²) in [7, 11) is 0. The number of carbonyl (C=O) groups is 2. The van der Waals surface area contributed by atoms with Crippen LogP contribution in [0.25, 0.3) is 0 Å². The molecule has 0 spiro atoms. The highest BCUT2D eigenvalue weighted by molar-refractivity contribution is 5.97. The number of carbonyl (C=O) groups excluding carboxylic acids is 2. The minimum absolute atomic E-state index is 0.307. The molecule has 0 aliphatic heterocycles. The lowest BCUT2D eigenvalue weighted by Crippen LogP contribution is -2.22. The van der Waals surface area contributed by atoms with E-state index in [9.17, 15) is 9.59 Å². The predicted octanol–water partition coefficient (Wildman–Crippen LogP) is 4.02. The lowest BCUT2D eigenvalue weighted by molar-refractivity contribution is -0.119. The number of amides is 1. The van der Waals surface area contributed by atoms with Crippen LogP contribution in [0, 0.1) is 34.6 Å². The summed E-state index contributed by atoms with van der Waals surface area (Å²) in [5, 5.41) is 2.82. The molecule has 0 unspecified atom stereocenters. The average molecular weight is 325 g/mol. The first kappa shape index (κ1) is 17.7. The fourth-order valence-corrected chi connectivity index (χ4v) is 2.80. The fraction of sp³-hybridized carbons (Fsp3) is 0.300. The third kappa shape index (κ3) is 4.22. The van der Waals surface area contributed by atoms with Crippen LogP contribution in [0.3, 0.4) is 0 Å². The van der Waals surface area contributed by atoms with Crippen LogP contribution in [0.15, 0.2) is 30.3 Å². The van der Waals surface area contributed by atoms with Gasteiger partial charge in [-0.25, -0.2) is 4.79 Å². The van der Waals surface area contributed by atoms with Crippen molar-refractivity contribution in [2.75, 3.05) is 11.9 Å². The molecule has 0 heterocycles. The number of aryl methyl sites for hydroxylation is 5. The summed E-state index contributed by atoms with van der Waals surface area (Å²) in [6.07, 6.45) is 0. The van der Waals surface area contributed by atoms with E-state index in [1.165, 1.54) is 0 Å². The van der Waals surface area contributed by atoms with Gasteiger partial charge in [0.25, 0.3) is 5.91 Å². The molecule has 1 N–H and O–H groups in total. The maximum absolute atomic E-state index is 12.1.